The highest BCUT2D eigenvalue weighted by molar-refractivity contribution is 7.39. The highest BCUT2D eigenvalue weighted by Gasteiger charge is 1.87. The molecule has 0 radical (unpaired) electrons. The van der Waals surface area contributed by atoms with Crippen LogP contribution in [0, 0.1) is 0 Å². The second kappa shape index (κ2) is 15.1. The molecule has 0 rings (SSSR count). The third kappa shape index (κ3) is 15.1. The van der Waals surface area contributed by atoms with E-state index in [0.717, 1.165) is 0 Å². The summed E-state index contributed by atoms with van der Waals surface area (Å²) in [6, 6.07) is 0. The summed E-state index contributed by atoms with van der Waals surface area (Å²) in [6.07, 6.45) is 1.37. The van der Waals surface area contributed by atoms with E-state index in [9.17, 15) is 0 Å². The van der Waals surface area contributed by atoms with Crippen molar-refractivity contribution in [2.45, 2.75) is 12.8 Å². The fourth-order valence-corrected chi connectivity index (χ4v) is 1.70. The van der Waals surface area contributed by atoms with Crippen LogP contribution in [-0.4, -0.2) is 26.3 Å². The molecule has 17 heavy (non-hydrogen) atoms. The maximum Gasteiger partial charge on any atom is 0.178 e. The lowest BCUT2D eigenvalue weighted by Gasteiger charge is -1.96. The Bertz CT molecular complexity index is 301. The standard InChI is InChI=1S/C6H13N7O2P2/c7-11-9-3-1-5-14-16-13-17-15-6-2-4-10-12-8/h16H,1-6H2. The SMILES string of the molecule is [N-]=[N+]=NCCCOP=NPOCCCN=[N+]=[N-]. The van der Waals surface area contributed by atoms with Crippen LogP contribution in [0.5, 0.6) is 0 Å². The van der Waals surface area contributed by atoms with Crippen LogP contribution in [0.1, 0.15) is 12.8 Å². The Morgan fingerprint density at radius 1 is 1.06 bits per heavy atom. The number of rotatable bonds is 11. The summed E-state index contributed by atoms with van der Waals surface area (Å²) in [5.41, 5.74) is 16.0. The molecule has 0 heterocycles. The largest absolute Gasteiger partial charge is 0.340 e. The molecule has 9 nitrogen and oxygen atoms in total. The molecule has 0 amide bonds. The molecule has 0 saturated carbocycles. The van der Waals surface area contributed by atoms with Gasteiger partial charge in [0.25, 0.3) is 0 Å². The molecule has 0 aromatic carbocycles. The van der Waals surface area contributed by atoms with E-state index in [-0.39, 0.29) is 8.96 Å². The molecule has 0 spiro atoms. The monoisotopic (exact) mass is 277 g/mol. The molecule has 0 N–H and O–H groups in total. The lowest BCUT2D eigenvalue weighted by Crippen LogP contribution is -1.87. The van der Waals surface area contributed by atoms with Crippen LogP contribution >= 0.6 is 17.6 Å². The molecule has 0 saturated heterocycles. The first-order chi connectivity index (χ1) is 8.41. The third-order valence-electron chi connectivity index (χ3n) is 1.33. The lowest BCUT2D eigenvalue weighted by molar-refractivity contribution is 0.353. The normalized spacial score (nSPS) is 10.6. The van der Waals surface area contributed by atoms with Gasteiger partial charge in [-0.3, -0.25) is 0 Å². The van der Waals surface area contributed by atoms with Crippen LogP contribution in [0.25, 0.3) is 20.9 Å². The summed E-state index contributed by atoms with van der Waals surface area (Å²) >= 11 is 0. The molecule has 94 valence electrons. The van der Waals surface area contributed by atoms with Gasteiger partial charge in [-0.1, -0.05) is 10.2 Å². The number of nitrogens with zero attached hydrogens (tertiary/aromatic N) is 7. The van der Waals surface area contributed by atoms with E-state index in [2.05, 4.69) is 24.6 Å². The fraction of sp³-hybridized carbons (Fsp3) is 1.00. The van der Waals surface area contributed by atoms with Gasteiger partial charge in [-0.25, -0.2) is 0 Å². The van der Waals surface area contributed by atoms with E-state index in [1.165, 1.54) is 0 Å². The van der Waals surface area contributed by atoms with Crippen molar-refractivity contribution >= 4 is 17.6 Å². The lowest BCUT2D eigenvalue weighted by atomic mass is 10.5. The smallest absolute Gasteiger partial charge is 0.178 e. The van der Waals surface area contributed by atoms with Gasteiger partial charge in [0.2, 0.25) is 0 Å². The summed E-state index contributed by atoms with van der Waals surface area (Å²) in [4.78, 5) is 5.24. The average molecular weight is 277 g/mol. The second-order valence-electron chi connectivity index (χ2n) is 2.57. The summed E-state index contributed by atoms with van der Waals surface area (Å²) in [5.74, 6) is 0. The van der Waals surface area contributed by atoms with E-state index in [0.29, 0.717) is 47.7 Å². The maximum absolute atomic E-state index is 8.00. The minimum absolute atomic E-state index is 0.0273. The fourth-order valence-electron chi connectivity index (χ4n) is 0.658. The number of azide groups is 2. The van der Waals surface area contributed by atoms with Gasteiger partial charge < -0.3 is 9.05 Å². The summed E-state index contributed by atoms with van der Waals surface area (Å²) < 4.78 is 14.2. The number of hydrogen-bond donors (Lipinski definition) is 0. The first kappa shape index (κ1) is 16.1. The molecule has 1 atom stereocenters. The first-order valence-electron chi connectivity index (χ1n) is 4.82. The maximum atomic E-state index is 8.00. The van der Waals surface area contributed by atoms with Crippen molar-refractivity contribution in [3.63, 3.8) is 0 Å². The Morgan fingerprint density at radius 2 is 1.71 bits per heavy atom. The summed E-state index contributed by atoms with van der Waals surface area (Å²) in [7, 11) is 0.541. The van der Waals surface area contributed by atoms with E-state index >= 15 is 0 Å². The van der Waals surface area contributed by atoms with Gasteiger partial charge in [-0.05, 0) is 23.9 Å². The molecule has 1 unspecified atom stereocenters. The molecule has 0 aliphatic heterocycles. The van der Waals surface area contributed by atoms with Gasteiger partial charge in [0.05, 0.1) is 13.2 Å². The van der Waals surface area contributed by atoms with Crippen molar-refractivity contribution in [3.8, 4) is 0 Å². The van der Waals surface area contributed by atoms with Crippen molar-refractivity contribution in [2.75, 3.05) is 26.3 Å². The zero-order chi connectivity index (χ0) is 12.6. The molecule has 0 aliphatic carbocycles. The molecule has 0 aromatic heterocycles. The Morgan fingerprint density at radius 3 is 2.35 bits per heavy atom. The predicted octanol–water partition coefficient (Wildman–Crippen LogP) is 3.97. The van der Waals surface area contributed by atoms with Crippen molar-refractivity contribution in [2.24, 2.45) is 14.7 Å². The molecular formula is C6H13N7O2P2. The minimum atomic E-state index is 0.0273. The van der Waals surface area contributed by atoms with Crippen LogP contribution in [0.3, 0.4) is 0 Å². The van der Waals surface area contributed by atoms with E-state index < -0.39 is 0 Å². The van der Waals surface area contributed by atoms with Gasteiger partial charge in [0.15, 0.2) is 8.60 Å². The van der Waals surface area contributed by atoms with E-state index in [1.807, 2.05) is 0 Å². The predicted molar refractivity (Wildman–Crippen MR) is 66.8 cm³/mol. The molecular weight excluding hydrogens is 264 g/mol. The topological polar surface area (TPSA) is 128 Å². The van der Waals surface area contributed by atoms with Crippen LogP contribution < -0.4 is 0 Å². The quantitative estimate of drug-likeness (QED) is 0.186. The van der Waals surface area contributed by atoms with Crippen molar-refractivity contribution in [3.05, 3.63) is 20.9 Å². The second-order valence-corrected chi connectivity index (χ2v) is 4.26. The molecule has 0 aromatic rings. The minimum Gasteiger partial charge on any atom is -0.340 e. The highest BCUT2D eigenvalue weighted by atomic mass is 31.1. The van der Waals surface area contributed by atoms with Crippen molar-refractivity contribution in [1.82, 2.24) is 0 Å². The van der Waals surface area contributed by atoms with Gasteiger partial charge in [0, 0.05) is 22.9 Å². The summed E-state index contributed by atoms with van der Waals surface area (Å²) in [5, 5.41) is 6.73. The van der Waals surface area contributed by atoms with Crippen molar-refractivity contribution < 1.29 is 9.05 Å². The molecule has 0 aliphatic rings. The zero-order valence-electron chi connectivity index (χ0n) is 9.14. The summed E-state index contributed by atoms with van der Waals surface area (Å²) in [6.45, 7) is 1.90. The molecule has 0 bridgehead atoms. The van der Waals surface area contributed by atoms with Crippen LogP contribution in [0.15, 0.2) is 14.7 Å². The van der Waals surface area contributed by atoms with Crippen LogP contribution in [0.4, 0.5) is 0 Å². The molecule has 11 heteroatoms. The highest BCUT2D eigenvalue weighted by Crippen LogP contribution is 2.20. The van der Waals surface area contributed by atoms with Crippen LogP contribution in [0.2, 0.25) is 0 Å². The zero-order valence-corrected chi connectivity index (χ0v) is 11.0. The van der Waals surface area contributed by atoms with Gasteiger partial charge >= 0.3 is 0 Å². The van der Waals surface area contributed by atoms with Gasteiger partial charge in [-0.15, -0.1) is 0 Å². The Kier molecular flexibility index (Phi) is 14.2. The van der Waals surface area contributed by atoms with Crippen LogP contribution in [-0.2, 0) is 9.05 Å². The Hall–Kier alpha value is -0.930. The number of hydrogen-bond acceptors (Lipinski definition) is 5. The van der Waals surface area contributed by atoms with E-state index in [4.69, 9.17) is 20.1 Å². The Labute approximate surface area is 102 Å². The van der Waals surface area contributed by atoms with Gasteiger partial charge in [0.1, 0.15) is 8.96 Å². The van der Waals surface area contributed by atoms with Gasteiger partial charge in [-0.2, -0.15) is 4.52 Å². The first-order valence-corrected chi connectivity index (χ1v) is 6.44. The van der Waals surface area contributed by atoms with Crippen molar-refractivity contribution in [1.29, 1.82) is 0 Å². The molecule has 0 fully saturated rings. The Balaban J connectivity index is 3.14. The third-order valence-corrected chi connectivity index (χ3v) is 2.61. The van der Waals surface area contributed by atoms with E-state index in [1.54, 1.807) is 0 Å². The average Bonchev–Trinajstić information content (AvgIpc) is 2.35.